The molecule has 0 saturated carbocycles. The maximum atomic E-state index is 14.1. The third kappa shape index (κ3) is 5.20. The van der Waals surface area contributed by atoms with E-state index in [4.69, 9.17) is 4.74 Å². The van der Waals surface area contributed by atoms with Crippen molar-refractivity contribution >= 4 is 23.5 Å². The summed E-state index contributed by atoms with van der Waals surface area (Å²) in [5.74, 6) is -0.478. The predicted molar refractivity (Wildman–Crippen MR) is 144 cm³/mol. The van der Waals surface area contributed by atoms with E-state index in [0.29, 0.717) is 29.3 Å². The Labute approximate surface area is 226 Å². The number of likely N-dealkylation sites (N-methyl/N-ethyl adjacent to an activating group) is 1. The molecule has 0 bridgehead atoms. The van der Waals surface area contributed by atoms with Gasteiger partial charge in [0.15, 0.2) is 0 Å². The van der Waals surface area contributed by atoms with Crippen LogP contribution in [0.4, 0.5) is 14.9 Å². The van der Waals surface area contributed by atoms with Crippen molar-refractivity contribution in [1.29, 1.82) is 0 Å². The average Bonchev–Trinajstić information content (AvgIpc) is 3.29. The van der Waals surface area contributed by atoms with Crippen molar-refractivity contribution in [1.82, 2.24) is 15.1 Å². The molecule has 0 saturated heterocycles. The van der Waals surface area contributed by atoms with Crippen LogP contribution < -0.4 is 15.4 Å². The molecule has 2 atom stereocenters. The van der Waals surface area contributed by atoms with Crippen LogP contribution in [0.5, 0.6) is 5.75 Å². The van der Waals surface area contributed by atoms with Gasteiger partial charge in [-0.15, -0.1) is 0 Å². The van der Waals surface area contributed by atoms with Gasteiger partial charge in [0.1, 0.15) is 17.6 Å². The SMILES string of the molecule is CCN1C(=O)N[C@H](c2ccc(OC)cc2)C2=C1CN([C@@H](Cc1ccccc1)C(=O)Nc1ccc(F)cc1)C2=O. The smallest absolute Gasteiger partial charge is 0.322 e. The van der Waals surface area contributed by atoms with Crippen LogP contribution in [0.25, 0.3) is 0 Å². The molecule has 4 amide bonds. The number of nitrogens with zero attached hydrogens (tertiary/aromatic N) is 2. The molecule has 0 unspecified atom stereocenters. The van der Waals surface area contributed by atoms with E-state index in [1.165, 1.54) is 29.2 Å². The van der Waals surface area contributed by atoms with Crippen LogP contribution >= 0.6 is 0 Å². The number of anilines is 1. The molecule has 39 heavy (non-hydrogen) atoms. The zero-order valence-electron chi connectivity index (χ0n) is 21.7. The quantitative estimate of drug-likeness (QED) is 0.457. The molecular weight excluding hydrogens is 499 g/mol. The standard InChI is InChI=1S/C30H29FN4O4/c1-3-34-25-18-35(29(37)26(25)27(33-30(34)38)20-9-15-23(39-2)16-10-20)24(17-19-7-5-4-6-8-19)28(36)32-22-13-11-21(31)12-14-22/h4-16,24,27H,3,17-18H2,1-2H3,(H,32,36)(H,33,38)/t24-,27+/m0/s1. The number of carbonyl (C=O) groups excluding carboxylic acids is 3. The summed E-state index contributed by atoms with van der Waals surface area (Å²) in [4.78, 5) is 43.9. The van der Waals surface area contributed by atoms with Gasteiger partial charge in [-0.1, -0.05) is 42.5 Å². The number of hydrogen-bond donors (Lipinski definition) is 2. The molecule has 0 radical (unpaired) electrons. The summed E-state index contributed by atoms with van der Waals surface area (Å²) in [5, 5.41) is 5.79. The lowest BCUT2D eigenvalue weighted by Gasteiger charge is -2.33. The predicted octanol–water partition coefficient (Wildman–Crippen LogP) is 4.27. The van der Waals surface area contributed by atoms with E-state index in [1.54, 1.807) is 24.1 Å². The van der Waals surface area contributed by atoms with Crippen molar-refractivity contribution in [2.24, 2.45) is 0 Å². The highest BCUT2D eigenvalue weighted by molar-refractivity contribution is 6.05. The molecule has 200 valence electrons. The Kier molecular flexibility index (Phi) is 7.31. The van der Waals surface area contributed by atoms with Gasteiger partial charge in [0.2, 0.25) is 5.91 Å². The van der Waals surface area contributed by atoms with Gasteiger partial charge in [-0.3, -0.25) is 14.5 Å². The van der Waals surface area contributed by atoms with Crippen molar-refractivity contribution in [3.63, 3.8) is 0 Å². The lowest BCUT2D eigenvalue weighted by atomic mass is 9.95. The van der Waals surface area contributed by atoms with Crippen LogP contribution in [0.2, 0.25) is 0 Å². The van der Waals surface area contributed by atoms with Crippen LogP contribution in [-0.4, -0.2) is 53.9 Å². The molecule has 8 nitrogen and oxygen atoms in total. The Bertz CT molecular complexity index is 1410. The van der Waals surface area contributed by atoms with Gasteiger partial charge >= 0.3 is 6.03 Å². The average molecular weight is 529 g/mol. The summed E-state index contributed by atoms with van der Waals surface area (Å²) in [5.41, 5.74) is 3.06. The first-order chi connectivity index (χ1) is 18.9. The monoisotopic (exact) mass is 528 g/mol. The van der Waals surface area contributed by atoms with Crippen LogP contribution in [0.1, 0.15) is 24.1 Å². The first-order valence-corrected chi connectivity index (χ1v) is 12.8. The Morgan fingerprint density at radius 2 is 1.74 bits per heavy atom. The third-order valence-electron chi connectivity index (χ3n) is 7.08. The summed E-state index contributed by atoms with van der Waals surface area (Å²) in [6.07, 6.45) is 0.265. The van der Waals surface area contributed by atoms with Crippen LogP contribution in [-0.2, 0) is 16.0 Å². The number of methoxy groups -OCH3 is 1. The van der Waals surface area contributed by atoms with E-state index in [0.717, 1.165) is 11.1 Å². The fourth-order valence-corrected chi connectivity index (χ4v) is 5.09. The van der Waals surface area contributed by atoms with E-state index in [-0.39, 0.29) is 24.9 Å². The number of hydrogen-bond acceptors (Lipinski definition) is 4. The molecule has 9 heteroatoms. The normalized spacial score (nSPS) is 17.6. The summed E-state index contributed by atoms with van der Waals surface area (Å²) >= 11 is 0. The molecular formula is C30H29FN4O4. The van der Waals surface area contributed by atoms with E-state index in [9.17, 15) is 18.8 Å². The number of ether oxygens (including phenoxy) is 1. The minimum Gasteiger partial charge on any atom is -0.497 e. The van der Waals surface area contributed by atoms with Gasteiger partial charge in [0.25, 0.3) is 5.91 Å². The maximum absolute atomic E-state index is 14.1. The van der Waals surface area contributed by atoms with Crippen LogP contribution in [0.15, 0.2) is 90.1 Å². The number of halogens is 1. The second-order valence-electron chi connectivity index (χ2n) is 9.40. The Morgan fingerprint density at radius 1 is 1.05 bits per heavy atom. The highest BCUT2D eigenvalue weighted by atomic mass is 19.1. The minimum absolute atomic E-state index is 0.108. The molecule has 0 aromatic heterocycles. The first kappa shape index (κ1) is 26.0. The van der Waals surface area contributed by atoms with Crippen LogP contribution in [0.3, 0.4) is 0 Å². The van der Waals surface area contributed by atoms with E-state index < -0.39 is 23.8 Å². The third-order valence-corrected chi connectivity index (χ3v) is 7.08. The maximum Gasteiger partial charge on any atom is 0.322 e. The number of urea groups is 1. The van der Waals surface area contributed by atoms with E-state index in [2.05, 4.69) is 10.6 Å². The van der Waals surface area contributed by atoms with Gasteiger partial charge in [0.05, 0.1) is 31.0 Å². The van der Waals surface area contributed by atoms with Crippen molar-refractivity contribution in [3.05, 3.63) is 107 Å². The first-order valence-electron chi connectivity index (χ1n) is 12.8. The summed E-state index contributed by atoms with van der Waals surface area (Å²) in [6.45, 7) is 2.32. The van der Waals surface area contributed by atoms with E-state index >= 15 is 0 Å². The molecule has 3 aromatic carbocycles. The molecule has 0 aliphatic carbocycles. The zero-order chi connectivity index (χ0) is 27.5. The number of carbonyl (C=O) groups is 3. The van der Waals surface area contributed by atoms with Gasteiger partial charge in [-0.25, -0.2) is 9.18 Å². The minimum atomic E-state index is -0.874. The van der Waals surface area contributed by atoms with Crippen molar-refractivity contribution in [2.45, 2.75) is 25.4 Å². The number of rotatable bonds is 8. The molecule has 3 aromatic rings. The summed E-state index contributed by atoms with van der Waals surface area (Å²) < 4.78 is 18.7. The molecule has 5 rings (SSSR count). The van der Waals surface area contributed by atoms with Crippen molar-refractivity contribution < 1.29 is 23.5 Å². The van der Waals surface area contributed by atoms with Crippen LogP contribution in [0, 0.1) is 5.82 Å². The van der Waals surface area contributed by atoms with Gasteiger partial charge in [-0.2, -0.15) is 0 Å². The van der Waals surface area contributed by atoms with Gasteiger partial charge in [0, 0.05) is 18.7 Å². The molecule has 0 spiro atoms. The summed E-state index contributed by atoms with van der Waals surface area (Å²) in [6, 6.07) is 20.2. The number of amides is 4. The Hall–Kier alpha value is -4.66. The lowest BCUT2D eigenvalue weighted by Crippen LogP contribution is -2.47. The van der Waals surface area contributed by atoms with Crippen molar-refractivity contribution in [2.75, 3.05) is 25.5 Å². The Morgan fingerprint density at radius 3 is 2.38 bits per heavy atom. The number of benzene rings is 3. The lowest BCUT2D eigenvalue weighted by molar-refractivity contribution is -0.134. The molecule has 2 N–H and O–H groups in total. The fourth-order valence-electron chi connectivity index (χ4n) is 5.09. The highest BCUT2D eigenvalue weighted by Crippen LogP contribution is 2.38. The molecule has 0 fully saturated rings. The molecule has 2 aliphatic heterocycles. The van der Waals surface area contributed by atoms with E-state index in [1.807, 2.05) is 49.4 Å². The van der Waals surface area contributed by atoms with Crippen molar-refractivity contribution in [3.8, 4) is 5.75 Å². The van der Waals surface area contributed by atoms with Gasteiger partial charge in [-0.05, 0) is 54.4 Å². The fraction of sp³-hybridized carbons (Fsp3) is 0.233. The second-order valence-corrected chi connectivity index (χ2v) is 9.40. The molecule has 2 aliphatic rings. The zero-order valence-corrected chi connectivity index (χ0v) is 21.7. The topological polar surface area (TPSA) is 91.0 Å². The summed E-state index contributed by atoms with van der Waals surface area (Å²) in [7, 11) is 1.57. The Balaban J connectivity index is 1.50. The molecule has 2 heterocycles. The second kappa shape index (κ2) is 11.0. The largest absolute Gasteiger partial charge is 0.497 e. The van der Waals surface area contributed by atoms with Gasteiger partial charge < -0.3 is 20.3 Å². The number of nitrogens with one attached hydrogen (secondary N) is 2. The highest BCUT2D eigenvalue weighted by Gasteiger charge is 2.46.